The van der Waals surface area contributed by atoms with E-state index in [1.807, 2.05) is 86.5 Å². The Morgan fingerprint density at radius 2 is 1.14 bits per heavy atom. The van der Waals surface area contributed by atoms with Crippen molar-refractivity contribution in [2.75, 3.05) is 49.5 Å². The molecule has 0 aliphatic rings. The molecule has 1 heterocycles. The Balaban J connectivity index is 1.34. The van der Waals surface area contributed by atoms with Gasteiger partial charge in [0.1, 0.15) is 0 Å². The molecule has 2 amide bonds. The number of hydrogen-bond donors (Lipinski definition) is 2. The molecule has 0 unspecified atom stereocenters. The number of amides is 2. The maximum atomic E-state index is 12.1. The molecule has 3 rings (SSSR count). The Hall–Kier alpha value is -3.42. The van der Waals surface area contributed by atoms with Gasteiger partial charge in [-0.15, -0.1) is 10.2 Å². The third-order valence-electron chi connectivity index (χ3n) is 4.67. The van der Waals surface area contributed by atoms with Crippen LogP contribution in [0, 0.1) is 0 Å². The van der Waals surface area contributed by atoms with E-state index in [4.69, 9.17) is 0 Å². The fourth-order valence-corrected chi connectivity index (χ4v) is 5.31. The van der Waals surface area contributed by atoms with Gasteiger partial charge in [0.05, 0.1) is 23.9 Å². The molecule has 37 heavy (non-hydrogen) atoms. The zero-order valence-corrected chi connectivity index (χ0v) is 23.4. The van der Waals surface area contributed by atoms with Crippen LogP contribution in [0.2, 0.25) is 0 Å². The van der Waals surface area contributed by atoms with Crippen LogP contribution in [0.15, 0.2) is 67.4 Å². The van der Waals surface area contributed by atoms with Crippen molar-refractivity contribution in [1.82, 2.24) is 21.0 Å². The highest BCUT2D eigenvalue weighted by molar-refractivity contribution is 8.03. The van der Waals surface area contributed by atoms with Crippen molar-refractivity contribution in [3.8, 4) is 0 Å². The highest BCUT2D eigenvalue weighted by Gasteiger charge is 2.10. The highest BCUT2D eigenvalue weighted by Crippen LogP contribution is 2.28. The van der Waals surface area contributed by atoms with Crippen molar-refractivity contribution >= 4 is 70.5 Å². The van der Waals surface area contributed by atoms with E-state index in [-0.39, 0.29) is 23.3 Å². The average molecular weight is 557 g/mol. The standard InChI is InChI=1S/C24H28N8O2S3/c1-31(2)19-9-5-17(6-10-19)13-25-27-21(33)15-35-23-29-30-24(37-23)36-16-22(34)28-26-14-18-7-11-20(12-8-18)32(3)4/h5-14H,15-16H2,1-4H3,(H,27,33)(H,28,34)/b25-13+,26-14+. The number of rotatable bonds is 12. The normalized spacial score (nSPS) is 11.1. The summed E-state index contributed by atoms with van der Waals surface area (Å²) in [6.45, 7) is 0. The van der Waals surface area contributed by atoms with Gasteiger partial charge in [0.2, 0.25) is 0 Å². The largest absolute Gasteiger partial charge is 0.378 e. The van der Waals surface area contributed by atoms with E-state index in [1.165, 1.54) is 34.9 Å². The van der Waals surface area contributed by atoms with E-state index >= 15 is 0 Å². The summed E-state index contributed by atoms with van der Waals surface area (Å²) in [5, 5.41) is 16.1. The lowest BCUT2D eigenvalue weighted by atomic mass is 10.2. The SMILES string of the molecule is CN(C)c1ccc(/C=N/NC(=O)CSc2nnc(SCC(=O)N/N=C/c3ccc(N(C)C)cc3)s2)cc1. The topological polar surface area (TPSA) is 115 Å². The minimum absolute atomic E-state index is 0.154. The van der Waals surface area contributed by atoms with Gasteiger partial charge in [0, 0.05) is 39.6 Å². The van der Waals surface area contributed by atoms with Crippen LogP contribution in [0.3, 0.4) is 0 Å². The number of benzene rings is 2. The van der Waals surface area contributed by atoms with Crippen molar-refractivity contribution in [1.29, 1.82) is 0 Å². The molecule has 0 atom stereocenters. The number of hydrazone groups is 2. The molecule has 0 aliphatic carbocycles. The summed E-state index contributed by atoms with van der Waals surface area (Å²) >= 11 is 3.85. The summed E-state index contributed by atoms with van der Waals surface area (Å²) in [6, 6.07) is 15.6. The third-order valence-corrected chi connectivity index (χ3v) is 7.86. The highest BCUT2D eigenvalue weighted by atomic mass is 32.2. The van der Waals surface area contributed by atoms with Crippen LogP contribution < -0.4 is 20.7 Å². The fraction of sp³-hybridized carbons (Fsp3) is 0.250. The van der Waals surface area contributed by atoms with Crippen molar-refractivity contribution in [2.45, 2.75) is 8.68 Å². The van der Waals surface area contributed by atoms with Crippen LogP contribution >= 0.6 is 34.9 Å². The lowest BCUT2D eigenvalue weighted by Crippen LogP contribution is -2.19. The molecular formula is C24H28N8O2S3. The Kier molecular flexibility index (Phi) is 10.9. The monoisotopic (exact) mass is 556 g/mol. The molecule has 0 saturated heterocycles. The average Bonchev–Trinajstić information content (AvgIpc) is 3.35. The van der Waals surface area contributed by atoms with Crippen molar-refractivity contribution < 1.29 is 9.59 Å². The molecule has 0 radical (unpaired) electrons. The lowest BCUT2D eigenvalue weighted by Gasteiger charge is -2.11. The van der Waals surface area contributed by atoms with Crippen molar-refractivity contribution in [3.05, 3.63) is 59.7 Å². The molecule has 3 aromatic rings. The summed E-state index contributed by atoms with van der Waals surface area (Å²) in [7, 11) is 7.89. The number of aromatic nitrogens is 2. The Morgan fingerprint density at radius 1 is 0.757 bits per heavy atom. The number of nitrogens with zero attached hydrogens (tertiary/aromatic N) is 6. The maximum absolute atomic E-state index is 12.1. The predicted molar refractivity (Wildman–Crippen MR) is 154 cm³/mol. The first-order valence-corrected chi connectivity index (χ1v) is 13.9. The smallest absolute Gasteiger partial charge is 0.250 e. The van der Waals surface area contributed by atoms with E-state index in [2.05, 4.69) is 31.3 Å². The van der Waals surface area contributed by atoms with Crippen LogP contribution in [0.25, 0.3) is 0 Å². The van der Waals surface area contributed by atoms with E-state index < -0.39 is 0 Å². The molecule has 0 bridgehead atoms. The molecule has 0 spiro atoms. The molecule has 0 saturated carbocycles. The zero-order valence-electron chi connectivity index (χ0n) is 20.9. The zero-order chi connectivity index (χ0) is 26.6. The number of anilines is 2. The van der Waals surface area contributed by atoms with Gasteiger partial charge >= 0.3 is 0 Å². The first-order chi connectivity index (χ1) is 17.8. The molecule has 13 heteroatoms. The Bertz CT molecular complexity index is 1130. The van der Waals surface area contributed by atoms with E-state index in [0.29, 0.717) is 8.68 Å². The van der Waals surface area contributed by atoms with Gasteiger partial charge in [-0.1, -0.05) is 59.1 Å². The van der Waals surface area contributed by atoms with Crippen LogP contribution in [-0.4, -0.2) is 74.1 Å². The summed E-state index contributed by atoms with van der Waals surface area (Å²) in [6.07, 6.45) is 3.19. The molecule has 0 fully saturated rings. The molecular weight excluding hydrogens is 529 g/mol. The summed E-state index contributed by atoms with van der Waals surface area (Å²) < 4.78 is 1.28. The first-order valence-electron chi connectivity index (χ1n) is 11.1. The van der Waals surface area contributed by atoms with Gasteiger partial charge in [-0.2, -0.15) is 10.2 Å². The number of carbonyl (C=O) groups is 2. The number of nitrogens with one attached hydrogen (secondary N) is 2. The van der Waals surface area contributed by atoms with Gasteiger partial charge in [-0.3, -0.25) is 9.59 Å². The minimum atomic E-state index is -0.246. The third kappa shape index (κ3) is 9.86. The second kappa shape index (κ2) is 14.4. The van der Waals surface area contributed by atoms with Crippen LogP contribution in [-0.2, 0) is 9.59 Å². The molecule has 1 aromatic heterocycles. The summed E-state index contributed by atoms with van der Waals surface area (Å²) in [4.78, 5) is 28.1. The number of thioether (sulfide) groups is 2. The maximum Gasteiger partial charge on any atom is 0.250 e. The molecule has 2 N–H and O–H groups in total. The van der Waals surface area contributed by atoms with Crippen LogP contribution in [0.5, 0.6) is 0 Å². The molecule has 0 aliphatic heterocycles. The van der Waals surface area contributed by atoms with Crippen molar-refractivity contribution in [3.63, 3.8) is 0 Å². The number of hydrogen-bond acceptors (Lipinski definition) is 11. The van der Waals surface area contributed by atoms with E-state index in [0.717, 1.165) is 22.5 Å². The second-order valence-corrected chi connectivity index (χ2v) is 11.4. The van der Waals surface area contributed by atoms with Gasteiger partial charge in [-0.05, 0) is 35.4 Å². The second-order valence-electron chi connectivity index (χ2n) is 7.97. The van der Waals surface area contributed by atoms with Crippen molar-refractivity contribution in [2.24, 2.45) is 10.2 Å². The van der Waals surface area contributed by atoms with Crippen LogP contribution in [0.4, 0.5) is 11.4 Å². The Morgan fingerprint density at radius 3 is 1.49 bits per heavy atom. The summed E-state index contributed by atoms with van der Waals surface area (Å²) in [5.41, 5.74) is 8.96. The molecule has 2 aromatic carbocycles. The van der Waals surface area contributed by atoms with E-state index in [9.17, 15) is 9.59 Å². The van der Waals surface area contributed by atoms with E-state index in [1.54, 1.807) is 12.4 Å². The van der Waals surface area contributed by atoms with Gasteiger partial charge in [-0.25, -0.2) is 10.9 Å². The fourth-order valence-electron chi connectivity index (χ4n) is 2.71. The van der Waals surface area contributed by atoms with Gasteiger partial charge in [0.25, 0.3) is 11.8 Å². The first kappa shape index (κ1) is 28.2. The van der Waals surface area contributed by atoms with Gasteiger partial charge in [0.15, 0.2) is 8.68 Å². The minimum Gasteiger partial charge on any atom is -0.378 e. The Labute approximate surface area is 228 Å². The predicted octanol–water partition coefficient (Wildman–Crippen LogP) is 3.15. The summed E-state index contributed by atoms with van der Waals surface area (Å²) in [5.74, 6) is -0.185. The lowest BCUT2D eigenvalue weighted by molar-refractivity contribution is -0.119. The van der Waals surface area contributed by atoms with Gasteiger partial charge < -0.3 is 9.80 Å². The molecule has 194 valence electrons. The van der Waals surface area contributed by atoms with Crippen LogP contribution in [0.1, 0.15) is 11.1 Å². The quantitative estimate of drug-likeness (QED) is 0.199. The molecule has 10 nitrogen and oxygen atoms in total. The number of carbonyl (C=O) groups excluding carboxylic acids is 2.